The highest BCUT2D eigenvalue weighted by Gasteiger charge is 2.21. The first kappa shape index (κ1) is 19.8. The number of hydrogen-bond donors (Lipinski definition) is 1. The lowest BCUT2D eigenvalue weighted by Gasteiger charge is -2.36. The van der Waals surface area contributed by atoms with Crippen LogP contribution in [-0.4, -0.2) is 44.2 Å². The van der Waals surface area contributed by atoms with Crippen molar-refractivity contribution in [1.82, 2.24) is 10.2 Å². The molecule has 5 heteroatoms. The number of urea groups is 1. The second-order valence-corrected chi connectivity index (χ2v) is 7.15. The quantitative estimate of drug-likeness (QED) is 0.778. The molecule has 1 N–H and O–H groups in total. The molecular formula is C23H29N3O2. The van der Waals surface area contributed by atoms with Gasteiger partial charge in [0.1, 0.15) is 0 Å². The SMILES string of the molecule is C=C(Cc1cc(N2CCN(C(=O)NCc3ccccc3)CC2)ccc1C)OC. The summed E-state index contributed by atoms with van der Waals surface area (Å²) in [5.74, 6) is 0.764. The van der Waals surface area contributed by atoms with Gasteiger partial charge in [-0.15, -0.1) is 0 Å². The first-order valence-corrected chi connectivity index (χ1v) is 9.70. The summed E-state index contributed by atoms with van der Waals surface area (Å²) >= 11 is 0. The number of piperazine rings is 1. The molecule has 5 nitrogen and oxygen atoms in total. The van der Waals surface area contributed by atoms with Crippen LogP contribution in [-0.2, 0) is 17.7 Å². The number of methoxy groups -OCH3 is 1. The summed E-state index contributed by atoms with van der Waals surface area (Å²) in [4.78, 5) is 16.7. The van der Waals surface area contributed by atoms with Crippen LogP contribution >= 0.6 is 0 Å². The molecule has 3 rings (SSSR count). The number of aryl methyl sites for hydroxylation is 1. The Morgan fingerprint density at radius 1 is 1.11 bits per heavy atom. The second-order valence-electron chi connectivity index (χ2n) is 7.15. The van der Waals surface area contributed by atoms with Crippen molar-refractivity contribution >= 4 is 11.7 Å². The van der Waals surface area contributed by atoms with Crippen molar-refractivity contribution < 1.29 is 9.53 Å². The Labute approximate surface area is 167 Å². The van der Waals surface area contributed by atoms with E-state index in [4.69, 9.17) is 4.74 Å². The molecule has 1 fully saturated rings. The zero-order valence-corrected chi connectivity index (χ0v) is 16.8. The van der Waals surface area contributed by atoms with Crippen molar-refractivity contribution in [2.24, 2.45) is 0 Å². The van der Waals surface area contributed by atoms with Crippen LogP contribution in [0.5, 0.6) is 0 Å². The minimum atomic E-state index is 0.00416. The Morgan fingerprint density at radius 3 is 2.50 bits per heavy atom. The first-order valence-electron chi connectivity index (χ1n) is 9.70. The lowest BCUT2D eigenvalue weighted by molar-refractivity contribution is 0.194. The van der Waals surface area contributed by atoms with E-state index in [0.717, 1.165) is 30.8 Å². The molecule has 1 saturated heterocycles. The average Bonchev–Trinajstić information content (AvgIpc) is 2.74. The number of rotatable bonds is 6. The van der Waals surface area contributed by atoms with Crippen molar-refractivity contribution in [3.8, 4) is 0 Å². The summed E-state index contributed by atoms with van der Waals surface area (Å²) in [6.07, 6.45) is 0.720. The van der Waals surface area contributed by atoms with Crippen molar-refractivity contribution in [1.29, 1.82) is 0 Å². The van der Waals surface area contributed by atoms with Gasteiger partial charge in [-0.1, -0.05) is 43.0 Å². The van der Waals surface area contributed by atoms with Gasteiger partial charge in [0.25, 0.3) is 0 Å². The van der Waals surface area contributed by atoms with Gasteiger partial charge in [0, 0.05) is 44.8 Å². The monoisotopic (exact) mass is 379 g/mol. The van der Waals surface area contributed by atoms with Gasteiger partial charge in [0.15, 0.2) is 0 Å². The predicted octanol–water partition coefficient (Wildman–Crippen LogP) is 3.73. The lowest BCUT2D eigenvalue weighted by atomic mass is 10.0. The molecular weight excluding hydrogens is 350 g/mol. The molecule has 0 saturated carbocycles. The molecule has 0 radical (unpaired) electrons. The number of carbonyl (C=O) groups is 1. The zero-order valence-electron chi connectivity index (χ0n) is 16.8. The number of anilines is 1. The molecule has 0 unspecified atom stereocenters. The number of carbonyl (C=O) groups excluding carboxylic acids is 1. The molecule has 0 aliphatic carbocycles. The largest absolute Gasteiger partial charge is 0.501 e. The van der Waals surface area contributed by atoms with Crippen molar-refractivity contribution in [3.05, 3.63) is 77.6 Å². The smallest absolute Gasteiger partial charge is 0.317 e. The van der Waals surface area contributed by atoms with Gasteiger partial charge in [-0.3, -0.25) is 0 Å². The topological polar surface area (TPSA) is 44.8 Å². The minimum absolute atomic E-state index is 0.00416. The zero-order chi connectivity index (χ0) is 19.9. The van der Waals surface area contributed by atoms with Crippen LogP contribution in [0.25, 0.3) is 0 Å². The van der Waals surface area contributed by atoms with Gasteiger partial charge in [0.2, 0.25) is 0 Å². The predicted molar refractivity (Wildman–Crippen MR) is 113 cm³/mol. The summed E-state index contributed by atoms with van der Waals surface area (Å²) in [5.41, 5.74) is 4.77. The average molecular weight is 380 g/mol. The number of nitrogens with one attached hydrogen (secondary N) is 1. The van der Waals surface area contributed by atoms with Crippen LogP contribution in [0.2, 0.25) is 0 Å². The molecule has 2 aromatic rings. The summed E-state index contributed by atoms with van der Waals surface area (Å²) in [6.45, 7) is 9.69. The summed E-state index contributed by atoms with van der Waals surface area (Å²) in [6, 6.07) is 16.5. The van der Waals surface area contributed by atoms with Gasteiger partial charge in [-0.25, -0.2) is 4.79 Å². The first-order chi connectivity index (χ1) is 13.6. The Hall–Kier alpha value is -2.95. The summed E-state index contributed by atoms with van der Waals surface area (Å²) < 4.78 is 5.23. The molecule has 1 heterocycles. The number of hydrogen-bond acceptors (Lipinski definition) is 3. The van der Waals surface area contributed by atoms with E-state index in [-0.39, 0.29) is 6.03 Å². The van der Waals surface area contributed by atoms with Crippen LogP contribution in [0.4, 0.5) is 10.5 Å². The maximum atomic E-state index is 12.4. The van der Waals surface area contributed by atoms with E-state index in [1.54, 1.807) is 7.11 Å². The van der Waals surface area contributed by atoms with E-state index in [0.29, 0.717) is 19.6 Å². The third-order valence-corrected chi connectivity index (χ3v) is 5.23. The van der Waals surface area contributed by atoms with E-state index >= 15 is 0 Å². The maximum absolute atomic E-state index is 12.4. The van der Waals surface area contributed by atoms with E-state index in [9.17, 15) is 4.79 Å². The Morgan fingerprint density at radius 2 is 1.82 bits per heavy atom. The van der Waals surface area contributed by atoms with Crippen molar-refractivity contribution in [3.63, 3.8) is 0 Å². The van der Waals surface area contributed by atoms with Crippen LogP contribution < -0.4 is 10.2 Å². The van der Waals surface area contributed by atoms with Gasteiger partial charge < -0.3 is 19.9 Å². The molecule has 0 spiro atoms. The summed E-state index contributed by atoms with van der Waals surface area (Å²) in [5, 5.41) is 3.01. The summed E-state index contributed by atoms with van der Waals surface area (Å²) in [7, 11) is 1.66. The highest BCUT2D eigenvalue weighted by Crippen LogP contribution is 2.22. The van der Waals surface area contributed by atoms with Gasteiger partial charge in [-0.2, -0.15) is 0 Å². The van der Waals surface area contributed by atoms with Gasteiger partial charge in [0.05, 0.1) is 12.9 Å². The van der Waals surface area contributed by atoms with E-state index in [2.05, 4.69) is 41.9 Å². The van der Waals surface area contributed by atoms with Crippen LogP contribution in [0.15, 0.2) is 60.9 Å². The highest BCUT2D eigenvalue weighted by atomic mass is 16.5. The third-order valence-electron chi connectivity index (χ3n) is 5.23. The van der Waals surface area contributed by atoms with E-state index < -0.39 is 0 Å². The fourth-order valence-electron chi connectivity index (χ4n) is 3.38. The molecule has 2 amide bonds. The molecule has 148 valence electrons. The molecule has 0 bridgehead atoms. The lowest BCUT2D eigenvalue weighted by Crippen LogP contribution is -2.51. The van der Waals surface area contributed by atoms with Gasteiger partial charge in [-0.05, 0) is 35.7 Å². The van der Waals surface area contributed by atoms with Crippen LogP contribution in [0.1, 0.15) is 16.7 Å². The molecule has 1 aliphatic heterocycles. The normalized spacial score (nSPS) is 13.9. The molecule has 1 aliphatic rings. The third kappa shape index (κ3) is 5.06. The fraction of sp³-hybridized carbons (Fsp3) is 0.348. The van der Waals surface area contributed by atoms with E-state index in [1.165, 1.54) is 16.8 Å². The molecule has 28 heavy (non-hydrogen) atoms. The second kappa shape index (κ2) is 9.31. The van der Waals surface area contributed by atoms with Crippen molar-refractivity contribution in [2.45, 2.75) is 19.9 Å². The Bertz CT molecular complexity index is 812. The number of allylic oxidation sites excluding steroid dienone is 1. The maximum Gasteiger partial charge on any atom is 0.317 e. The molecule has 0 atom stereocenters. The van der Waals surface area contributed by atoms with Crippen LogP contribution in [0.3, 0.4) is 0 Å². The minimum Gasteiger partial charge on any atom is -0.501 e. The van der Waals surface area contributed by atoms with Gasteiger partial charge >= 0.3 is 6.03 Å². The number of amides is 2. The number of ether oxygens (including phenoxy) is 1. The fourth-order valence-corrected chi connectivity index (χ4v) is 3.38. The Kier molecular flexibility index (Phi) is 6.58. The standard InChI is InChI=1S/C23H29N3O2/c1-18-9-10-22(16-21(18)15-19(2)28-3)25-11-13-26(14-12-25)23(27)24-17-20-7-5-4-6-8-20/h4-10,16H,2,11-15,17H2,1,3H3,(H,24,27). The Balaban J connectivity index is 1.54. The highest BCUT2D eigenvalue weighted by molar-refractivity contribution is 5.74. The van der Waals surface area contributed by atoms with E-state index in [1.807, 2.05) is 35.2 Å². The number of benzene rings is 2. The number of nitrogens with zero attached hydrogens (tertiary/aromatic N) is 2. The van der Waals surface area contributed by atoms with Crippen molar-refractivity contribution in [2.75, 3.05) is 38.2 Å². The van der Waals surface area contributed by atoms with Crippen LogP contribution in [0, 0.1) is 6.92 Å². The molecule has 0 aromatic heterocycles. The molecule has 2 aromatic carbocycles.